The Morgan fingerprint density at radius 1 is 0.966 bits per heavy atom. The smallest absolute Gasteiger partial charge is 0.279 e. The van der Waals surface area contributed by atoms with Crippen molar-refractivity contribution >= 4 is 21.6 Å². The SMILES string of the molecule is Cc1cc(C)cc(NC(=O)C[NH+]2CCN(S(=O)(=O)c3cc(C)ccc3C)CC2)c1. The highest BCUT2D eigenvalue weighted by Crippen LogP contribution is 2.21. The number of sulfonamides is 1. The molecule has 156 valence electrons. The van der Waals surface area contributed by atoms with Gasteiger partial charge in [-0.05, 0) is 68.1 Å². The van der Waals surface area contributed by atoms with Crippen molar-refractivity contribution in [3.05, 3.63) is 58.7 Å². The first-order chi connectivity index (χ1) is 13.6. The Labute approximate surface area is 173 Å². The van der Waals surface area contributed by atoms with E-state index in [1.807, 2.05) is 52.0 Å². The lowest BCUT2D eigenvalue weighted by Crippen LogP contribution is -3.15. The number of benzene rings is 2. The molecule has 6 nitrogen and oxygen atoms in total. The van der Waals surface area contributed by atoms with Crippen molar-refractivity contribution in [1.82, 2.24) is 4.31 Å². The number of nitrogens with one attached hydrogen (secondary N) is 2. The van der Waals surface area contributed by atoms with Gasteiger partial charge in [0.2, 0.25) is 10.0 Å². The normalized spacial score (nSPS) is 16.0. The fourth-order valence-electron chi connectivity index (χ4n) is 3.82. The number of nitrogens with zero attached hydrogens (tertiary/aromatic N) is 1. The van der Waals surface area contributed by atoms with Gasteiger partial charge in [0.15, 0.2) is 6.54 Å². The van der Waals surface area contributed by atoms with Crippen LogP contribution in [0.1, 0.15) is 22.3 Å². The van der Waals surface area contributed by atoms with E-state index in [0.29, 0.717) is 37.6 Å². The maximum atomic E-state index is 13.0. The molecule has 7 heteroatoms. The molecule has 2 aromatic carbocycles. The molecule has 1 amide bonds. The zero-order valence-corrected chi connectivity index (χ0v) is 18.4. The number of hydrogen-bond donors (Lipinski definition) is 2. The van der Waals surface area contributed by atoms with Gasteiger partial charge in [0.1, 0.15) is 0 Å². The summed E-state index contributed by atoms with van der Waals surface area (Å²) in [4.78, 5) is 13.9. The van der Waals surface area contributed by atoms with Gasteiger partial charge in [-0.15, -0.1) is 0 Å². The summed E-state index contributed by atoms with van der Waals surface area (Å²) in [5.74, 6) is -0.0455. The Balaban J connectivity index is 1.58. The van der Waals surface area contributed by atoms with Crippen LogP contribution in [0.15, 0.2) is 41.3 Å². The Morgan fingerprint density at radius 2 is 1.59 bits per heavy atom. The van der Waals surface area contributed by atoms with E-state index in [2.05, 4.69) is 11.4 Å². The molecule has 0 saturated carbocycles. The molecule has 0 atom stereocenters. The van der Waals surface area contributed by atoms with Crippen LogP contribution in [0.2, 0.25) is 0 Å². The summed E-state index contributed by atoms with van der Waals surface area (Å²) in [6.07, 6.45) is 0. The molecule has 0 spiro atoms. The number of carbonyl (C=O) groups is 1. The predicted octanol–water partition coefficient (Wildman–Crippen LogP) is 1.45. The van der Waals surface area contributed by atoms with E-state index in [1.165, 1.54) is 0 Å². The van der Waals surface area contributed by atoms with E-state index in [4.69, 9.17) is 0 Å². The molecule has 0 unspecified atom stereocenters. The van der Waals surface area contributed by atoms with Crippen LogP contribution in [-0.4, -0.2) is 51.4 Å². The van der Waals surface area contributed by atoms with Gasteiger partial charge in [-0.25, -0.2) is 8.42 Å². The van der Waals surface area contributed by atoms with E-state index < -0.39 is 10.0 Å². The van der Waals surface area contributed by atoms with Crippen LogP contribution >= 0.6 is 0 Å². The van der Waals surface area contributed by atoms with Gasteiger partial charge in [-0.3, -0.25) is 4.79 Å². The molecule has 1 heterocycles. The maximum absolute atomic E-state index is 13.0. The Kier molecular flexibility index (Phi) is 6.41. The van der Waals surface area contributed by atoms with Crippen molar-refractivity contribution in [2.24, 2.45) is 0 Å². The summed E-state index contributed by atoms with van der Waals surface area (Å²) < 4.78 is 27.6. The van der Waals surface area contributed by atoms with Crippen molar-refractivity contribution < 1.29 is 18.1 Å². The Hall–Kier alpha value is -2.22. The van der Waals surface area contributed by atoms with E-state index >= 15 is 0 Å². The lowest BCUT2D eigenvalue weighted by atomic mass is 10.1. The van der Waals surface area contributed by atoms with Gasteiger partial charge in [-0.2, -0.15) is 4.31 Å². The van der Waals surface area contributed by atoms with Gasteiger partial charge >= 0.3 is 0 Å². The minimum absolute atomic E-state index is 0.0455. The second kappa shape index (κ2) is 8.65. The van der Waals surface area contributed by atoms with Gasteiger partial charge in [0.25, 0.3) is 5.91 Å². The highest BCUT2D eigenvalue weighted by atomic mass is 32.2. The van der Waals surface area contributed by atoms with E-state index in [-0.39, 0.29) is 5.91 Å². The molecule has 0 aromatic heterocycles. The lowest BCUT2D eigenvalue weighted by Gasteiger charge is -2.31. The van der Waals surface area contributed by atoms with Gasteiger partial charge in [0, 0.05) is 5.69 Å². The molecular weight excluding hydrogens is 386 g/mol. The predicted molar refractivity (Wildman–Crippen MR) is 115 cm³/mol. The third-order valence-corrected chi connectivity index (χ3v) is 7.35. The van der Waals surface area contributed by atoms with Crippen LogP contribution in [0.3, 0.4) is 0 Å². The molecule has 3 rings (SSSR count). The molecule has 1 aliphatic rings. The number of quaternary nitrogens is 1. The van der Waals surface area contributed by atoms with Gasteiger partial charge in [0.05, 0.1) is 31.1 Å². The minimum Gasteiger partial charge on any atom is -0.325 e. The summed E-state index contributed by atoms with van der Waals surface area (Å²) in [6.45, 7) is 10.1. The number of aryl methyl sites for hydroxylation is 4. The molecule has 2 N–H and O–H groups in total. The molecule has 29 heavy (non-hydrogen) atoms. The van der Waals surface area contributed by atoms with E-state index in [9.17, 15) is 13.2 Å². The molecule has 1 saturated heterocycles. The van der Waals surface area contributed by atoms with E-state index in [1.54, 1.807) is 10.4 Å². The Morgan fingerprint density at radius 3 is 2.21 bits per heavy atom. The van der Waals surface area contributed by atoms with Crippen molar-refractivity contribution in [3.63, 3.8) is 0 Å². The first kappa shape index (κ1) is 21.5. The van der Waals surface area contributed by atoms with Crippen LogP contribution in [-0.2, 0) is 14.8 Å². The average Bonchev–Trinajstić information content (AvgIpc) is 2.63. The molecular formula is C22H30N3O3S+. The first-order valence-electron chi connectivity index (χ1n) is 9.94. The monoisotopic (exact) mass is 416 g/mol. The number of anilines is 1. The molecule has 0 radical (unpaired) electrons. The molecule has 1 fully saturated rings. The van der Waals surface area contributed by atoms with Gasteiger partial charge < -0.3 is 10.2 Å². The Bertz CT molecular complexity index is 990. The standard InChI is InChI=1S/C22H29N3O3S/c1-16-5-6-19(4)21(14-16)29(27,28)25-9-7-24(8-10-25)15-22(26)23-20-12-17(2)11-18(3)13-20/h5-6,11-14H,7-10,15H2,1-4H3,(H,23,26)/p+1. The van der Waals surface area contributed by atoms with Crippen molar-refractivity contribution in [2.75, 3.05) is 38.0 Å². The fraction of sp³-hybridized carbons (Fsp3) is 0.409. The van der Waals surface area contributed by atoms with Crippen LogP contribution < -0.4 is 10.2 Å². The summed E-state index contributed by atoms with van der Waals surface area (Å²) in [7, 11) is -3.51. The quantitative estimate of drug-likeness (QED) is 0.775. The topological polar surface area (TPSA) is 70.9 Å². The van der Waals surface area contributed by atoms with Crippen molar-refractivity contribution in [1.29, 1.82) is 0 Å². The zero-order chi connectivity index (χ0) is 21.2. The second-order valence-corrected chi connectivity index (χ2v) is 9.93. The van der Waals surface area contributed by atoms with Gasteiger partial charge in [-0.1, -0.05) is 18.2 Å². The van der Waals surface area contributed by atoms with Crippen LogP contribution in [0.4, 0.5) is 5.69 Å². The number of carbonyl (C=O) groups excluding carboxylic acids is 1. The lowest BCUT2D eigenvalue weighted by molar-refractivity contribution is -0.895. The first-order valence-corrected chi connectivity index (χ1v) is 11.4. The van der Waals surface area contributed by atoms with Crippen molar-refractivity contribution in [3.8, 4) is 0 Å². The second-order valence-electron chi connectivity index (χ2n) is 8.02. The summed E-state index contributed by atoms with van der Waals surface area (Å²) in [6, 6.07) is 11.5. The average molecular weight is 417 g/mol. The third-order valence-electron chi connectivity index (χ3n) is 5.31. The van der Waals surface area contributed by atoms with Crippen LogP contribution in [0.25, 0.3) is 0 Å². The largest absolute Gasteiger partial charge is 0.325 e. The summed E-state index contributed by atoms with van der Waals surface area (Å²) in [5, 5.41) is 2.96. The molecule has 1 aliphatic heterocycles. The number of hydrogen-bond acceptors (Lipinski definition) is 3. The minimum atomic E-state index is -3.51. The number of piperazine rings is 1. The number of rotatable bonds is 5. The zero-order valence-electron chi connectivity index (χ0n) is 17.6. The molecule has 2 aromatic rings. The van der Waals surface area contributed by atoms with Crippen LogP contribution in [0.5, 0.6) is 0 Å². The summed E-state index contributed by atoms with van der Waals surface area (Å²) in [5.41, 5.74) is 4.72. The highest BCUT2D eigenvalue weighted by molar-refractivity contribution is 7.89. The van der Waals surface area contributed by atoms with Crippen molar-refractivity contribution in [2.45, 2.75) is 32.6 Å². The fourth-order valence-corrected chi connectivity index (χ4v) is 5.57. The molecule has 0 aliphatic carbocycles. The maximum Gasteiger partial charge on any atom is 0.279 e. The number of amides is 1. The van der Waals surface area contributed by atoms with E-state index in [0.717, 1.165) is 32.8 Å². The summed E-state index contributed by atoms with van der Waals surface area (Å²) >= 11 is 0. The third kappa shape index (κ3) is 5.23. The van der Waals surface area contributed by atoms with Crippen LogP contribution in [0, 0.1) is 27.7 Å². The highest BCUT2D eigenvalue weighted by Gasteiger charge is 2.32. The molecule has 0 bridgehead atoms.